The third kappa shape index (κ3) is 5.48. The Bertz CT molecular complexity index is 856. The number of hydrogen-bond donors (Lipinski definition) is 1. The van der Waals surface area contributed by atoms with Gasteiger partial charge in [-0.2, -0.15) is 8.78 Å². The minimum atomic E-state index is -2.92. The maximum atomic E-state index is 13.7. The molecule has 0 bridgehead atoms. The van der Waals surface area contributed by atoms with E-state index in [9.17, 15) is 18.4 Å². The second-order valence-electron chi connectivity index (χ2n) is 10.0. The molecule has 9 heteroatoms. The van der Waals surface area contributed by atoms with E-state index in [0.29, 0.717) is 38.8 Å². The van der Waals surface area contributed by atoms with Crippen molar-refractivity contribution in [1.29, 1.82) is 0 Å². The molecule has 1 aliphatic carbocycles. The van der Waals surface area contributed by atoms with Crippen molar-refractivity contribution in [3.63, 3.8) is 0 Å². The van der Waals surface area contributed by atoms with Crippen LogP contribution in [0.25, 0.3) is 0 Å². The van der Waals surface area contributed by atoms with Crippen LogP contribution in [0.5, 0.6) is 5.75 Å². The van der Waals surface area contributed by atoms with Gasteiger partial charge in [0.1, 0.15) is 11.4 Å². The summed E-state index contributed by atoms with van der Waals surface area (Å²) in [5, 5.41) is 2.91. The summed E-state index contributed by atoms with van der Waals surface area (Å²) in [6, 6.07) is 1.40. The Morgan fingerprint density at radius 3 is 2.66 bits per heavy atom. The number of carbonyl (C=O) groups is 2. The van der Waals surface area contributed by atoms with Gasteiger partial charge in [-0.3, -0.25) is 9.78 Å². The lowest BCUT2D eigenvalue weighted by molar-refractivity contribution is -0.146. The first-order chi connectivity index (χ1) is 14.9. The molecule has 2 aliphatic rings. The van der Waals surface area contributed by atoms with Crippen molar-refractivity contribution >= 4 is 12.0 Å². The number of amides is 2. The lowest BCUT2D eigenvalue weighted by Gasteiger charge is -2.39. The first-order valence-electron chi connectivity index (χ1n) is 11.1. The number of hydrogen-bond acceptors (Lipinski definition) is 5. The summed E-state index contributed by atoms with van der Waals surface area (Å²) in [4.78, 5) is 31.9. The molecule has 2 atom stereocenters. The van der Waals surface area contributed by atoms with Gasteiger partial charge in [0.25, 0.3) is 0 Å². The molecule has 0 aromatic carbocycles. The summed E-state index contributed by atoms with van der Waals surface area (Å²) < 4.78 is 35.0. The van der Waals surface area contributed by atoms with E-state index in [4.69, 9.17) is 4.74 Å². The molecular weight excluding hydrogens is 420 g/mol. The Hall–Kier alpha value is -2.45. The van der Waals surface area contributed by atoms with Crippen LogP contribution in [0.4, 0.5) is 13.6 Å². The zero-order valence-corrected chi connectivity index (χ0v) is 19.4. The van der Waals surface area contributed by atoms with Gasteiger partial charge in [-0.15, -0.1) is 0 Å². The van der Waals surface area contributed by atoms with Crippen LogP contribution >= 0.6 is 0 Å². The smallest absolute Gasteiger partial charge is 0.407 e. The molecule has 2 amide bonds. The fraction of sp³-hybridized carbons (Fsp3) is 0.696. The molecule has 1 aromatic heterocycles. The van der Waals surface area contributed by atoms with Crippen molar-refractivity contribution in [2.75, 3.05) is 6.54 Å². The van der Waals surface area contributed by atoms with Crippen LogP contribution in [0.15, 0.2) is 12.3 Å². The van der Waals surface area contributed by atoms with Gasteiger partial charge in [-0.1, -0.05) is 13.8 Å². The fourth-order valence-electron chi connectivity index (χ4n) is 4.70. The molecule has 178 valence electrons. The van der Waals surface area contributed by atoms with Crippen LogP contribution in [0.3, 0.4) is 0 Å². The van der Waals surface area contributed by atoms with Crippen molar-refractivity contribution in [2.24, 2.45) is 11.3 Å². The number of alkyl carbamates (subject to hydrolysis) is 1. The molecule has 0 saturated heterocycles. The zero-order chi connectivity index (χ0) is 23.7. The number of fused-ring (bicyclic) bond motifs is 1. The standard InChI is InChI=1S/C23H33F2N3O4/c1-14(2)23(8-6-16(11-23)27-21(30)32-22(3,4)5)19(29)28-9-7-18-15(13-28)10-17(12-26-18)31-20(24)25/h10,12,14,16,20H,6-9,11,13H2,1-5H3,(H,27,30)/t16-,23+/m1/s1. The number of alkyl halides is 2. The van der Waals surface area contributed by atoms with E-state index in [2.05, 4.69) is 15.0 Å². The lowest BCUT2D eigenvalue weighted by atomic mass is 9.74. The second kappa shape index (κ2) is 9.19. The normalized spacial score (nSPS) is 23.3. The third-order valence-electron chi connectivity index (χ3n) is 6.33. The van der Waals surface area contributed by atoms with E-state index in [1.165, 1.54) is 12.3 Å². The van der Waals surface area contributed by atoms with Crippen molar-refractivity contribution in [3.05, 3.63) is 23.5 Å². The average Bonchev–Trinajstić information content (AvgIpc) is 3.09. The molecular formula is C23H33F2N3O4. The first kappa shape index (κ1) is 24.2. The quantitative estimate of drug-likeness (QED) is 0.720. The number of nitrogens with one attached hydrogen (secondary N) is 1. The Labute approximate surface area is 187 Å². The van der Waals surface area contributed by atoms with Gasteiger partial charge in [0.05, 0.1) is 11.6 Å². The summed E-state index contributed by atoms with van der Waals surface area (Å²) in [6.45, 7) is 7.39. The van der Waals surface area contributed by atoms with Gasteiger partial charge < -0.3 is 19.7 Å². The zero-order valence-electron chi connectivity index (χ0n) is 19.4. The highest BCUT2D eigenvalue weighted by Gasteiger charge is 2.50. The number of halogens is 2. The maximum Gasteiger partial charge on any atom is 0.407 e. The third-order valence-corrected chi connectivity index (χ3v) is 6.33. The molecule has 2 heterocycles. The van der Waals surface area contributed by atoms with Crippen LogP contribution in [0.1, 0.15) is 65.1 Å². The van der Waals surface area contributed by atoms with Gasteiger partial charge in [0, 0.05) is 31.2 Å². The van der Waals surface area contributed by atoms with E-state index < -0.39 is 23.7 Å². The van der Waals surface area contributed by atoms with Gasteiger partial charge >= 0.3 is 12.7 Å². The largest absolute Gasteiger partial charge is 0.444 e. The van der Waals surface area contributed by atoms with E-state index in [-0.39, 0.29) is 23.6 Å². The fourth-order valence-corrected chi connectivity index (χ4v) is 4.70. The minimum absolute atomic E-state index is 0.00545. The highest BCUT2D eigenvalue weighted by atomic mass is 19.3. The average molecular weight is 454 g/mol. The Balaban J connectivity index is 1.71. The number of aromatic nitrogens is 1. The van der Waals surface area contributed by atoms with Gasteiger partial charge in [0.2, 0.25) is 5.91 Å². The summed E-state index contributed by atoms with van der Waals surface area (Å²) >= 11 is 0. The van der Waals surface area contributed by atoms with E-state index >= 15 is 0 Å². The molecule has 1 saturated carbocycles. The minimum Gasteiger partial charge on any atom is -0.444 e. The second-order valence-corrected chi connectivity index (χ2v) is 10.0. The summed E-state index contributed by atoms with van der Waals surface area (Å²) in [5.74, 6) is 0.106. The van der Waals surface area contributed by atoms with Gasteiger partial charge in [0.15, 0.2) is 0 Å². The van der Waals surface area contributed by atoms with Crippen molar-refractivity contribution < 1.29 is 27.8 Å². The van der Waals surface area contributed by atoms with Crippen LogP contribution in [0.2, 0.25) is 0 Å². The van der Waals surface area contributed by atoms with E-state index in [1.54, 1.807) is 4.90 Å². The lowest BCUT2D eigenvalue weighted by Crippen LogP contribution is -2.48. The summed E-state index contributed by atoms with van der Waals surface area (Å²) in [6.07, 6.45) is 3.28. The predicted molar refractivity (Wildman–Crippen MR) is 114 cm³/mol. The number of carbonyl (C=O) groups excluding carboxylic acids is 2. The number of ether oxygens (including phenoxy) is 2. The SMILES string of the molecule is CC(C)[C@]1(C(=O)N2CCc3ncc(OC(F)F)cc3C2)CC[C@@H](NC(=O)OC(C)(C)C)C1. The number of nitrogens with zero attached hydrogens (tertiary/aromatic N) is 2. The van der Waals surface area contributed by atoms with Crippen LogP contribution in [-0.4, -0.2) is 46.7 Å². The molecule has 1 aromatic rings. The molecule has 3 rings (SSSR count). The molecule has 7 nitrogen and oxygen atoms in total. The summed E-state index contributed by atoms with van der Waals surface area (Å²) in [7, 11) is 0. The topological polar surface area (TPSA) is 80.8 Å². The van der Waals surface area contributed by atoms with E-state index in [1.807, 2.05) is 34.6 Å². The maximum absolute atomic E-state index is 13.7. The predicted octanol–water partition coefficient (Wildman–Crippen LogP) is 4.29. The van der Waals surface area contributed by atoms with Crippen molar-refractivity contribution in [1.82, 2.24) is 15.2 Å². The Morgan fingerprint density at radius 2 is 2.03 bits per heavy atom. The molecule has 32 heavy (non-hydrogen) atoms. The molecule has 0 radical (unpaired) electrons. The first-order valence-corrected chi connectivity index (χ1v) is 11.1. The van der Waals surface area contributed by atoms with Gasteiger partial charge in [-0.05, 0) is 57.6 Å². The molecule has 1 fully saturated rings. The molecule has 0 unspecified atom stereocenters. The Kier molecular flexibility index (Phi) is 6.95. The molecule has 0 spiro atoms. The summed E-state index contributed by atoms with van der Waals surface area (Å²) in [5.41, 5.74) is 0.338. The van der Waals surface area contributed by atoms with Crippen LogP contribution in [-0.2, 0) is 22.5 Å². The van der Waals surface area contributed by atoms with Gasteiger partial charge in [-0.25, -0.2) is 4.79 Å². The molecule has 1 aliphatic heterocycles. The Morgan fingerprint density at radius 1 is 1.31 bits per heavy atom. The number of pyridine rings is 1. The van der Waals surface area contributed by atoms with E-state index in [0.717, 1.165) is 11.3 Å². The highest BCUT2D eigenvalue weighted by Crippen LogP contribution is 2.46. The van der Waals surface area contributed by atoms with Crippen LogP contribution < -0.4 is 10.1 Å². The number of rotatable bonds is 5. The highest BCUT2D eigenvalue weighted by molar-refractivity contribution is 5.84. The van der Waals surface area contributed by atoms with Crippen molar-refractivity contribution in [2.45, 2.75) is 85.1 Å². The van der Waals surface area contributed by atoms with Crippen LogP contribution in [0, 0.1) is 11.3 Å². The molecule has 1 N–H and O–H groups in total. The monoisotopic (exact) mass is 453 g/mol. The van der Waals surface area contributed by atoms with Crippen molar-refractivity contribution in [3.8, 4) is 5.75 Å².